The number of halogens is 3. The van der Waals surface area contributed by atoms with E-state index in [0.29, 0.717) is 5.69 Å². The molecule has 1 N–H and O–H groups in total. The van der Waals surface area contributed by atoms with E-state index in [1.54, 1.807) is 0 Å². The van der Waals surface area contributed by atoms with Gasteiger partial charge in [-0.3, -0.25) is 10.1 Å². The molecule has 0 spiro atoms. The van der Waals surface area contributed by atoms with Crippen LogP contribution in [-0.4, -0.2) is 4.92 Å². The molecule has 2 aromatic carbocycles. The summed E-state index contributed by atoms with van der Waals surface area (Å²) >= 11 is 5.59. The Labute approximate surface area is 111 Å². The maximum absolute atomic E-state index is 13.1. The summed E-state index contributed by atoms with van der Waals surface area (Å²) in [6, 6.07) is 6.72. The van der Waals surface area contributed by atoms with Gasteiger partial charge in [0.05, 0.1) is 9.95 Å². The molecule has 4 nitrogen and oxygen atoms in total. The average Bonchev–Trinajstić information content (AvgIpc) is 2.33. The summed E-state index contributed by atoms with van der Waals surface area (Å²) in [4.78, 5) is 10.2. The van der Waals surface area contributed by atoms with Gasteiger partial charge in [0.25, 0.3) is 5.69 Å². The fraction of sp³-hybridized carbons (Fsp3) is 0. The highest BCUT2D eigenvalue weighted by Crippen LogP contribution is 2.29. The highest BCUT2D eigenvalue weighted by atomic mass is 35.5. The second-order valence-electron chi connectivity index (χ2n) is 3.67. The molecule has 0 aliphatic heterocycles. The van der Waals surface area contributed by atoms with Crippen LogP contribution in [0.5, 0.6) is 0 Å². The molecule has 0 bridgehead atoms. The van der Waals surface area contributed by atoms with Gasteiger partial charge in [0.1, 0.15) is 17.3 Å². The van der Waals surface area contributed by atoms with Gasteiger partial charge in [-0.2, -0.15) is 0 Å². The van der Waals surface area contributed by atoms with Gasteiger partial charge in [0, 0.05) is 17.8 Å². The number of benzene rings is 2. The lowest BCUT2D eigenvalue weighted by Crippen LogP contribution is -1.98. The van der Waals surface area contributed by atoms with Crippen LogP contribution >= 0.6 is 11.6 Å². The number of nitro groups is 1. The molecule has 0 fully saturated rings. The summed E-state index contributed by atoms with van der Waals surface area (Å²) in [5, 5.41) is 13.3. The van der Waals surface area contributed by atoms with E-state index in [1.165, 1.54) is 12.1 Å². The number of hydrogen-bond acceptors (Lipinski definition) is 3. The largest absolute Gasteiger partial charge is 0.350 e. The van der Waals surface area contributed by atoms with Crippen molar-refractivity contribution in [3.8, 4) is 0 Å². The average molecular weight is 285 g/mol. The Morgan fingerprint density at radius 2 is 1.89 bits per heavy atom. The summed E-state index contributed by atoms with van der Waals surface area (Å²) in [6.07, 6.45) is 0. The first-order valence-electron chi connectivity index (χ1n) is 5.13. The Morgan fingerprint density at radius 3 is 2.53 bits per heavy atom. The van der Waals surface area contributed by atoms with Crippen LogP contribution in [0.2, 0.25) is 5.02 Å². The maximum atomic E-state index is 13.1. The monoisotopic (exact) mass is 284 g/mol. The molecule has 0 aliphatic rings. The minimum atomic E-state index is -0.646. The number of rotatable bonds is 3. The predicted molar refractivity (Wildman–Crippen MR) is 67.7 cm³/mol. The van der Waals surface area contributed by atoms with Gasteiger partial charge in [0.2, 0.25) is 0 Å². The first-order valence-corrected chi connectivity index (χ1v) is 5.51. The maximum Gasteiger partial charge on any atom is 0.292 e. The highest BCUT2D eigenvalue weighted by molar-refractivity contribution is 6.31. The molecule has 0 heterocycles. The normalized spacial score (nSPS) is 10.3. The van der Waals surface area contributed by atoms with Gasteiger partial charge in [-0.1, -0.05) is 11.6 Å². The van der Waals surface area contributed by atoms with Crippen LogP contribution in [0.25, 0.3) is 0 Å². The van der Waals surface area contributed by atoms with Crippen LogP contribution in [-0.2, 0) is 0 Å². The molecule has 0 radical (unpaired) electrons. The van der Waals surface area contributed by atoms with Gasteiger partial charge in [-0.05, 0) is 24.3 Å². The van der Waals surface area contributed by atoms with Crippen molar-refractivity contribution in [3.05, 3.63) is 63.2 Å². The Bertz CT molecular complexity index is 650. The number of nitrogens with zero attached hydrogens (tertiary/aromatic N) is 1. The van der Waals surface area contributed by atoms with E-state index in [-0.39, 0.29) is 16.4 Å². The van der Waals surface area contributed by atoms with Gasteiger partial charge in [-0.15, -0.1) is 0 Å². The lowest BCUT2D eigenvalue weighted by atomic mass is 10.2. The summed E-state index contributed by atoms with van der Waals surface area (Å²) in [5.74, 6) is -1.23. The molecule has 19 heavy (non-hydrogen) atoms. The molecule has 0 aliphatic carbocycles. The van der Waals surface area contributed by atoms with Crippen molar-refractivity contribution in [2.24, 2.45) is 0 Å². The Kier molecular flexibility index (Phi) is 3.62. The van der Waals surface area contributed by atoms with Crippen molar-refractivity contribution >= 4 is 28.7 Å². The molecule has 0 unspecified atom stereocenters. The first-order chi connectivity index (χ1) is 8.97. The molecule has 0 aromatic heterocycles. The quantitative estimate of drug-likeness (QED) is 0.676. The highest BCUT2D eigenvalue weighted by Gasteiger charge is 2.15. The van der Waals surface area contributed by atoms with Crippen molar-refractivity contribution in [1.82, 2.24) is 0 Å². The van der Waals surface area contributed by atoms with Gasteiger partial charge in [-0.25, -0.2) is 8.78 Å². The van der Waals surface area contributed by atoms with E-state index < -0.39 is 16.6 Å². The lowest BCUT2D eigenvalue weighted by molar-refractivity contribution is -0.384. The summed E-state index contributed by atoms with van der Waals surface area (Å²) in [7, 11) is 0. The number of hydrogen-bond donors (Lipinski definition) is 1. The summed E-state index contributed by atoms with van der Waals surface area (Å²) < 4.78 is 26.1. The molecule has 0 amide bonds. The topological polar surface area (TPSA) is 55.2 Å². The van der Waals surface area contributed by atoms with Crippen molar-refractivity contribution in [1.29, 1.82) is 0 Å². The number of nitro benzene ring substituents is 1. The van der Waals surface area contributed by atoms with Crippen LogP contribution in [0.3, 0.4) is 0 Å². The first kappa shape index (κ1) is 13.2. The van der Waals surface area contributed by atoms with Crippen LogP contribution in [0.4, 0.5) is 25.8 Å². The zero-order valence-corrected chi connectivity index (χ0v) is 10.1. The van der Waals surface area contributed by atoms with Crippen molar-refractivity contribution < 1.29 is 13.7 Å². The van der Waals surface area contributed by atoms with Gasteiger partial charge in [0.15, 0.2) is 0 Å². The number of anilines is 2. The third kappa shape index (κ3) is 2.97. The van der Waals surface area contributed by atoms with E-state index in [4.69, 9.17) is 11.6 Å². The molecular weight excluding hydrogens is 278 g/mol. The van der Waals surface area contributed by atoms with Crippen molar-refractivity contribution in [2.75, 3.05) is 5.32 Å². The molecule has 0 atom stereocenters. The second kappa shape index (κ2) is 5.19. The molecule has 98 valence electrons. The van der Waals surface area contributed by atoms with Gasteiger partial charge < -0.3 is 5.32 Å². The predicted octanol–water partition coefficient (Wildman–Crippen LogP) is 4.27. The number of nitrogens with one attached hydrogen (secondary N) is 1. The Hall–Kier alpha value is -2.21. The molecule has 2 aromatic rings. The molecule has 7 heteroatoms. The van der Waals surface area contributed by atoms with Crippen LogP contribution in [0.15, 0.2) is 36.4 Å². The van der Waals surface area contributed by atoms with E-state index in [9.17, 15) is 18.9 Å². The second-order valence-corrected chi connectivity index (χ2v) is 4.08. The smallest absolute Gasteiger partial charge is 0.292 e. The Balaban J connectivity index is 2.39. The van der Waals surface area contributed by atoms with Crippen LogP contribution < -0.4 is 5.32 Å². The molecular formula is C12H7ClF2N2O2. The molecule has 0 saturated carbocycles. The zero-order valence-electron chi connectivity index (χ0n) is 9.36. The van der Waals surface area contributed by atoms with Crippen LogP contribution in [0.1, 0.15) is 0 Å². The molecule has 0 saturated heterocycles. The van der Waals surface area contributed by atoms with Crippen LogP contribution in [0, 0.1) is 21.7 Å². The lowest BCUT2D eigenvalue weighted by Gasteiger charge is -2.07. The van der Waals surface area contributed by atoms with E-state index in [1.807, 2.05) is 0 Å². The fourth-order valence-electron chi connectivity index (χ4n) is 1.50. The minimum Gasteiger partial charge on any atom is -0.350 e. The Morgan fingerprint density at radius 1 is 1.16 bits per heavy atom. The summed E-state index contributed by atoms with van der Waals surface area (Å²) in [5.41, 5.74) is -0.00498. The van der Waals surface area contributed by atoms with E-state index in [0.717, 1.165) is 24.3 Å². The standard InChI is InChI=1S/C12H7ClF2N2O2/c13-9-6-8(2-3-10(9)15)16-11-5-7(14)1-4-12(11)17(18)19/h1-6,16H. The van der Waals surface area contributed by atoms with Gasteiger partial charge >= 0.3 is 0 Å². The minimum absolute atomic E-state index is 0.0346. The molecule has 2 rings (SSSR count). The van der Waals surface area contributed by atoms with Crippen molar-refractivity contribution in [2.45, 2.75) is 0 Å². The third-order valence-electron chi connectivity index (χ3n) is 2.35. The van der Waals surface area contributed by atoms with E-state index >= 15 is 0 Å². The fourth-order valence-corrected chi connectivity index (χ4v) is 1.68. The zero-order chi connectivity index (χ0) is 14.0. The summed E-state index contributed by atoms with van der Waals surface area (Å²) in [6.45, 7) is 0. The van der Waals surface area contributed by atoms with E-state index in [2.05, 4.69) is 5.32 Å². The third-order valence-corrected chi connectivity index (χ3v) is 2.64. The van der Waals surface area contributed by atoms with Crippen molar-refractivity contribution in [3.63, 3.8) is 0 Å². The SMILES string of the molecule is O=[N+]([O-])c1ccc(F)cc1Nc1ccc(F)c(Cl)c1.